The monoisotopic (exact) mass is 422 g/mol. The minimum atomic E-state index is -0.448. The van der Waals surface area contributed by atoms with Crippen LogP contribution in [0.5, 0.6) is 0 Å². The lowest BCUT2D eigenvalue weighted by Gasteiger charge is -2.36. The van der Waals surface area contributed by atoms with Crippen molar-refractivity contribution in [1.29, 1.82) is 0 Å². The van der Waals surface area contributed by atoms with Crippen molar-refractivity contribution < 1.29 is 14.5 Å². The van der Waals surface area contributed by atoms with Gasteiger partial charge in [0.05, 0.1) is 4.92 Å². The molecule has 2 amide bonds. The molecule has 1 saturated carbocycles. The Balaban J connectivity index is 1.44. The Hall–Kier alpha value is -3.42. The normalized spacial score (nSPS) is 16.2. The largest absolute Gasteiger partial charge is 0.362 e. The smallest absolute Gasteiger partial charge is 0.293 e. The van der Waals surface area contributed by atoms with Gasteiger partial charge in [-0.2, -0.15) is 0 Å². The first-order valence-electron chi connectivity index (χ1n) is 10.7. The van der Waals surface area contributed by atoms with Crippen molar-refractivity contribution in [3.8, 4) is 0 Å². The van der Waals surface area contributed by atoms with Crippen LogP contribution in [-0.4, -0.2) is 53.9 Å². The second-order valence-electron chi connectivity index (χ2n) is 8.04. The van der Waals surface area contributed by atoms with E-state index in [0.29, 0.717) is 43.0 Å². The summed E-state index contributed by atoms with van der Waals surface area (Å²) in [5, 5.41) is 14.5. The number of amides is 2. The number of anilines is 1. The average Bonchev–Trinajstić information content (AvgIpc) is 3.62. The van der Waals surface area contributed by atoms with Crippen LogP contribution in [0, 0.1) is 10.1 Å². The van der Waals surface area contributed by atoms with Gasteiger partial charge < -0.3 is 15.1 Å². The fourth-order valence-corrected chi connectivity index (χ4v) is 3.79. The van der Waals surface area contributed by atoms with E-state index in [1.54, 1.807) is 17.0 Å². The van der Waals surface area contributed by atoms with Crippen molar-refractivity contribution in [2.24, 2.45) is 0 Å². The van der Waals surface area contributed by atoms with Crippen molar-refractivity contribution in [3.05, 3.63) is 69.3 Å². The molecule has 2 fully saturated rings. The number of carbonyl (C=O) groups is 2. The third kappa shape index (κ3) is 4.68. The maximum absolute atomic E-state index is 12.8. The Morgan fingerprint density at radius 3 is 2.26 bits per heavy atom. The molecule has 0 atom stereocenters. The molecular formula is C23H26N4O4. The minimum Gasteiger partial charge on any atom is -0.362 e. The second-order valence-corrected chi connectivity index (χ2v) is 8.04. The topological polar surface area (TPSA) is 95.8 Å². The summed E-state index contributed by atoms with van der Waals surface area (Å²) in [6.07, 6.45) is 2.84. The molecule has 8 nitrogen and oxygen atoms in total. The maximum atomic E-state index is 12.8. The summed E-state index contributed by atoms with van der Waals surface area (Å²) in [7, 11) is 0. The van der Waals surface area contributed by atoms with E-state index in [2.05, 4.69) is 12.2 Å². The number of nitro benzene ring substituents is 1. The Bertz CT molecular complexity index is 993. The highest BCUT2D eigenvalue weighted by Gasteiger charge is 2.28. The highest BCUT2D eigenvalue weighted by atomic mass is 16.6. The van der Waals surface area contributed by atoms with Crippen molar-refractivity contribution in [1.82, 2.24) is 10.2 Å². The number of nitrogens with zero attached hydrogens (tertiary/aromatic N) is 3. The Kier molecular flexibility index (Phi) is 5.88. The predicted molar refractivity (Wildman–Crippen MR) is 118 cm³/mol. The fourth-order valence-electron chi connectivity index (χ4n) is 3.79. The molecule has 0 unspecified atom stereocenters. The molecule has 2 aliphatic rings. The van der Waals surface area contributed by atoms with Crippen molar-refractivity contribution >= 4 is 23.2 Å². The van der Waals surface area contributed by atoms with Crippen molar-refractivity contribution in [2.45, 2.75) is 32.2 Å². The standard InChI is InChI=1S/C23H26N4O4/c1-2-16-3-5-17(6-4-16)23(29)26-13-11-25(12-14-26)20-10-7-18(15-21(20)27(30)31)22(28)24-19-8-9-19/h3-7,10,15,19H,2,8-9,11-14H2,1H3,(H,24,28). The van der Waals surface area contributed by atoms with Gasteiger partial charge >= 0.3 is 0 Å². The predicted octanol–water partition coefficient (Wildman–Crippen LogP) is 3.01. The van der Waals surface area contributed by atoms with Crippen LogP contribution in [0.4, 0.5) is 11.4 Å². The number of nitrogens with one attached hydrogen (secondary N) is 1. The van der Waals surface area contributed by atoms with Gasteiger partial charge in [0.15, 0.2) is 0 Å². The summed E-state index contributed by atoms with van der Waals surface area (Å²) < 4.78 is 0. The maximum Gasteiger partial charge on any atom is 0.293 e. The van der Waals surface area contributed by atoms with Gasteiger partial charge in [0.25, 0.3) is 17.5 Å². The number of nitro groups is 1. The van der Waals surface area contributed by atoms with Crippen LogP contribution < -0.4 is 10.2 Å². The average molecular weight is 422 g/mol. The first-order valence-corrected chi connectivity index (χ1v) is 10.7. The highest BCUT2D eigenvalue weighted by Crippen LogP contribution is 2.31. The van der Waals surface area contributed by atoms with E-state index < -0.39 is 4.92 Å². The van der Waals surface area contributed by atoms with Gasteiger partial charge in [-0.15, -0.1) is 0 Å². The quantitative estimate of drug-likeness (QED) is 0.570. The molecule has 1 N–H and O–H groups in total. The Labute approximate surface area is 181 Å². The molecule has 0 bridgehead atoms. The van der Waals surface area contributed by atoms with Gasteiger partial charge in [0.2, 0.25) is 0 Å². The van der Waals surface area contributed by atoms with Gasteiger partial charge in [0.1, 0.15) is 5.69 Å². The molecule has 1 heterocycles. The Morgan fingerprint density at radius 1 is 1.03 bits per heavy atom. The van der Waals surface area contributed by atoms with Crippen molar-refractivity contribution in [2.75, 3.05) is 31.1 Å². The number of carbonyl (C=O) groups excluding carboxylic acids is 2. The SMILES string of the molecule is CCc1ccc(C(=O)N2CCN(c3ccc(C(=O)NC4CC4)cc3[N+](=O)[O-])CC2)cc1. The lowest BCUT2D eigenvalue weighted by Crippen LogP contribution is -2.49. The zero-order valence-electron chi connectivity index (χ0n) is 17.5. The number of rotatable bonds is 6. The fraction of sp³-hybridized carbons (Fsp3) is 0.391. The molecule has 0 aromatic heterocycles. The molecule has 4 rings (SSSR count). The zero-order chi connectivity index (χ0) is 22.0. The minimum absolute atomic E-state index is 0.0242. The number of benzene rings is 2. The molecule has 31 heavy (non-hydrogen) atoms. The third-order valence-corrected chi connectivity index (χ3v) is 5.86. The summed E-state index contributed by atoms with van der Waals surface area (Å²) in [5.41, 5.74) is 2.53. The van der Waals surface area contributed by atoms with Crippen LogP contribution in [0.3, 0.4) is 0 Å². The van der Waals surface area contributed by atoms with E-state index in [1.165, 1.54) is 11.6 Å². The van der Waals surface area contributed by atoms with Gasteiger partial charge in [-0.05, 0) is 49.1 Å². The molecule has 1 saturated heterocycles. The Morgan fingerprint density at radius 2 is 1.68 bits per heavy atom. The first-order chi connectivity index (χ1) is 15.0. The lowest BCUT2D eigenvalue weighted by atomic mass is 10.1. The van der Waals surface area contributed by atoms with Gasteiger partial charge in [0, 0.05) is 49.4 Å². The molecule has 1 aliphatic carbocycles. The summed E-state index contributed by atoms with van der Waals surface area (Å²) >= 11 is 0. The van der Waals surface area contributed by atoms with Crippen LogP contribution in [0.15, 0.2) is 42.5 Å². The van der Waals surface area contributed by atoms with E-state index >= 15 is 0 Å². The number of hydrogen-bond acceptors (Lipinski definition) is 5. The molecule has 1 aliphatic heterocycles. The molecular weight excluding hydrogens is 396 g/mol. The summed E-state index contributed by atoms with van der Waals surface area (Å²) in [6, 6.07) is 12.4. The summed E-state index contributed by atoms with van der Waals surface area (Å²) in [5.74, 6) is -0.300. The highest BCUT2D eigenvalue weighted by molar-refractivity contribution is 5.96. The third-order valence-electron chi connectivity index (χ3n) is 5.86. The van der Waals surface area contributed by atoms with E-state index in [0.717, 1.165) is 19.3 Å². The van der Waals surface area contributed by atoms with Gasteiger partial charge in [-0.25, -0.2) is 0 Å². The van der Waals surface area contributed by atoms with Crippen molar-refractivity contribution in [3.63, 3.8) is 0 Å². The number of piperazine rings is 1. The van der Waals surface area contributed by atoms with Crippen LogP contribution in [0.2, 0.25) is 0 Å². The molecule has 0 spiro atoms. The van der Waals surface area contributed by atoms with Crippen LogP contribution in [0.25, 0.3) is 0 Å². The molecule has 2 aromatic carbocycles. The summed E-state index contributed by atoms with van der Waals surface area (Å²) in [6.45, 7) is 4.02. The number of aryl methyl sites for hydroxylation is 1. The molecule has 2 aromatic rings. The summed E-state index contributed by atoms with van der Waals surface area (Å²) in [4.78, 5) is 39.9. The lowest BCUT2D eigenvalue weighted by molar-refractivity contribution is -0.384. The van der Waals surface area contributed by atoms with E-state index in [-0.39, 0.29) is 23.5 Å². The van der Waals surface area contributed by atoms with Gasteiger partial charge in [-0.3, -0.25) is 19.7 Å². The van der Waals surface area contributed by atoms with E-state index in [1.807, 2.05) is 29.2 Å². The van der Waals surface area contributed by atoms with E-state index in [9.17, 15) is 19.7 Å². The van der Waals surface area contributed by atoms with Gasteiger partial charge in [-0.1, -0.05) is 19.1 Å². The molecule has 0 radical (unpaired) electrons. The molecule has 162 valence electrons. The van der Waals surface area contributed by atoms with Crippen LogP contribution >= 0.6 is 0 Å². The zero-order valence-corrected chi connectivity index (χ0v) is 17.5. The van der Waals surface area contributed by atoms with Crippen LogP contribution in [-0.2, 0) is 6.42 Å². The molecule has 8 heteroatoms. The second kappa shape index (κ2) is 8.75. The number of hydrogen-bond donors (Lipinski definition) is 1. The van der Waals surface area contributed by atoms with Crippen LogP contribution in [0.1, 0.15) is 46.0 Å². The van der Waals surface area contributed by atoms with E-state index in [4.69, 9.17) is 0 Å². The first kappa shape index (κ1) is 20.8.